The van der Waals surface area contributed by atoms with Gasteiger partial charge in [0.15, 0.2) is 0 Å². The summed E-state index contributed by atoms with van der Waals surface area (Å²) in [7, 11) is 1.58. The van der Waals surface area contributed by atoms with Crippen LogP contribution in [0.15, 0.2) is 30.3 Å². The monoisotopic (exact) mass is 302 g/mol. The molecule has 0 unspecified atom stereocenters. The molecule has 0 amide bonds. The Balaban J connectivity index is 2.40. The zero-order chi connectivity index (χ0) is 15.2. The molecule has 2 N–H and O–H groups in total. The van der Waals surface area contributed by atoms with E-state index in [0.29, 0.717) is 5.75 Å². The highest BCUT2D eigenvalue weighted by atomic mass is 32.1. The molecule has 1 aromatic heterocycles. The first-order chi connectivity index (χ1) is 10.1. The minimum absolute atomic E-state index is 0.0282. The van der Waals surface area contributed by atoms with Crippen molar-refractivity contribution >= 4 is 17.3 Å². The van der Waals surface area contributed by atoms with Crippen LogP contribution in [0, 0.1) is 11.8 Å². The van der Waals surface area contributed by atoms with Crippen molar-refractivity contribution in [3.63, 3.8) is 0 Å². The van der Waals surface area contributed by atoms with E-state index >= 15 is 0 Å². The van der Waals surface area contributed by atoms with Gasteiger partial charge in [0.25, 0.3) is 0 Å². The van der Waals surface area contributed by atoms with Gasteiger partial charge in [-0.15, -0.1) is 11.3 Å². The number of carboxylic acid groups (broad SMARTS) is 1. The summed E-state index contributed by atoms with van der Waals surface area (Å²) in [4.78, 5) is 12.6. The van der Waals surface area contributed by atoms with Crippen molar-refractivity contribution in [2.24, 2.45) is 0 Å². The van der Waals surface area contributed by atoms with Gasteiger partial charge in [-0.25, -0.2) is 0 Å². The minimum atomic E-state index is -0.869. The number of thiophene rings is 1. The van der Waals surface area contributed by atoms with Gasteiger partial charge in [-0.3, -0.25) is 4.79 Å². The summed E-state index contributed by atoms with van der Waals surface area (Å²) in [5.41, 5.74) is 1.56. The lowest BCUT2D eigenvalue weighted by Gasteiger charge is -2.08. The molecule has 0 atom stereocenters. The number of aliphatic hydroxyl groups excluding tert-OH is 1. The fraction of sp³-hybridized carbons (Fsp3) is 0.188. The van der Waals surface area contributed by atoms with Crippen molar-refractivity contribution in [3.05, 3.63) is 40.8 Å². The van der Waals surface area contributed by atoms with Crippen LogP contribution in [0.3, 0.4) is 0 Å². The number of hydrogen-bond donors (Lipinski definition) is 2. The smallest absolute Gasteiger partial charge is 0.307 e. The van der Waals surface area contributed by atoms with Crippen LogP contribution in [0.4, 0.5) is 0 Å². The van der Waals surface area contributed by atoms with Gasteiger partial charge in [-0.05, 0) is 29.8 Å². The van der Waals surface area contributed by atoms with Gasteiger partial charge in [0.1, 0.15) is 12.4 Å². The van der Waals surface area contributed by atoms with Crippen LogP contribution < -0.4 is 4.74 Å². The average molecular weight is 302 g/mol. The number of rotatable bonds is 4. The van der Waals surface area contributed by atoms with E-state index in [-0.39, 0.29) is 13.0 Å². The molecule has 1 aromatic carbocycles. The fourth-order valence-electron chi connectivity index (χ4n) is 1.91. The van der Waals surface area contributed by atoms with Crippen LogP contribution in [0.25, 0.3) is 10.4 Å². The van der Waals surface area contributed by atoms with E-state index in [0.717, 1.165) is 20.9 Å². The molecule has 0 aliphatic heterocycles. The highest BCUT2D eigenvalue weighted by Crippen LogP contribution is 2.35. The molecule has 21 heavy (non-hydrogen) atoms. The maximum absolute atomic E-state index is 10.8. The molecule has 0 saturated carbocycles. The average Bonchev–Trinajstić information content (AvgIpc) is 2.93. The number of aliphatic hydroxyl groups is 1. The van der Waals surface area contributed by atoms with Gasteiger partial charge in [0.05, 0.1) is 18.4 Å². The third-order valence-electron chi connectivity index (χ3n) is 2.78. The summed E-state index contributed by atoms with van der Waals surface area (Å²) in [6.45, 7) is -0.176. The topological polar surface area (TPSA) is 66.8 Å². The van der Waals surface area contributed by atoms with Crippen molar-refractivity contribution < 1.29 is 19.7 Å². The number of benzene rings is 1. The lowest BCUT2D eigenvalue weighted by atomic mass is 10.1. The molecule has 0 aliphatic rings. The van der Waals surface area contributed by atoms with E-state index in [9.17, 15) is 4.79 Å². The summed E-state index contributed by atoms with van der Waals surface area (Å²) in [6.07, 6.45) is -0.0282. The molecule has 0 radical (unpaired) electrons. The number of aliphatic carboxylic acids is 1. The second-order valence-electron chi connectivity index (χ2n) is 4.23. The van der Waals surface area contributed by atoms with Crippen LogP contribution in [0.2, 0.25) is 0 Å². The summed E-state index contributed by atoms with van der Waals surface area (Å²) in [5.74, 6) is 5.27. The summed E-state index contributed by atoms with van der Waals surface area (Å²) < 4.78 is 5.33. The van der Waals surface area contributed by atoms with Gasteiger partial charge in [-0.2, -0.15) is 0 Å². The molecule has 108 valence electrons. The molecule has 0 saturated heterocycles. The van der Waals surface area contributed by atoms with E-state index in [2.05, 4.69) is 11.8 Å². The van der Waals surface area contributed by atoms with Crippen molar-refractivity contribution in [1.29, 1.82) is 0 Å². The van der Waals surface area contributed by atoms with E-state index < -0.39 is 5.97 Å². The Labute approximate surface area is 126 Å². The second-order valence-corrected chi connectivity index (χ2v) is 5.31. The number of hydrogen-bond acceptors (Lipinski definition) is 4. The van der Waals surface area contributed by atoms with Gasteiger partial charge in [0.2, 0.25) is 0 Å². The fourth-order valence-corrected chi connectivity index (χ4v) is 2.81. The highest BCUT2D eigenvalue weighted by Gasteiger charge is 2.11. The van der Waals surface area contributed by atoms with Crippen molar-refractivity contribution in [2.45, 2.75) is 6.42 Å². The molecule has 0 fully saturated rings. The van der Waals surface area contributed by atoms with Crippen LogP contribution in [0.1, 0.15) is 10.4 Å². The Morgan fingerprint density at radius 1 is 1.33 bits per heavy atom. The Bertz CT molecular complexity index is 707. The number of methoxy groups -OCH3 is 1. The molecule has 2 aromatic rings. The number of carbonyl (C=O) groups is 1. The molecule has 0 spiro atoms. The largest absolute Gasteiger partial charge is 0.496 e. The van der Waals surface area contributed by atoms with E-state index in [4.69, 9.17) is 14.9 Å². The molecule has 4 nitrogen and oxygen atoms in total. The number of carboxylic acids is 1. The maximum Gasteiger partial charge on any atom is 0.307 e. The van der Waals surface area contributed by atoms with Crippen LogP contribution in [-0.2, 0) is 11.2 Å². The first-order valence-corrected chi connectivity index (χ1v) is 7.04. The first-order valence-electron chi connectivity index (χ1n) is 6.22. The van der Waals surface area contributed by atoms with Crippen molar-refractivity contribution in [2.75, 3.05) is 13.7 Å². The van der Waals surface area contributed by atoms with Gasteiger partial charge >= 0.3 is 5.97 Å². The van der Waals surface area contributed by atoms with Gasteiger partial charge < -0.3 is 14.9 Å². The second kappa shape index (κ2) is 6.93. The molecule has 0 aliphatic carbocycles. The lowest BCUT2D eigenvalue weighted by Crippen LogP contribution is -2.00. The molecular weight excluding hydrogens is 288 g/mol. The first kappa shape index (κ1) is 15.1. The Morgan fingerprint density at radius 3 is 2.81 bits per heavy atom. The van der Waals surface area contributed by atoms with E-state index in [1.54, 1.807) is 19.2 Å². The van der Waals surface area contributed by atoms with Crippen LogP contribution >= 0.6 is 11.3 Å². The third kappa shape index (κ3) is 3.85. The van der Waals surface area contributed by atoms with Gasteiger partial charge in [0, 0.05) is 10.4 Å². The molecule has 5 heteroatoms. The molecular formula is C16H14O4S. The predicted molar refractivity (Wildman–Crippen MR) is 81.6 cm³/mol. The zero-order valence-electron chi connectivity index (χ0n) is 11.4. The summed E-state index contributed by atoms with van der Waals surface area (Å²) >= 11 is 1.47. The Kier molecular flexibility index (Phi) is 4.99. The van der Waals surface area contributed by atoms with Crippen LogP contribution in [-0.4, -0.2) is 29.9 Å². The number of ether oxygens (including phenoxy) is 1. The lowest BCUT2D eigenvalue weighted by molar-refractivity contribution is -0.136. The third-order valence-corrected chi connectivity index (χ3v) is 3.82. The Morgan fingerprint density at radius 2 is 2.14 bits per heavy atom. The standard InChI is InChI=1S/C16H14O4S/c1-20-14-6-4-11(10-16(18)19)9-13(14)15-7-5-12(21-15)3-2-8-17/h4-7,9,17H,8,10H2,1H3,(H,18,19). The van der Waals surface area contributed by atoms with E-state index in [1.165, 1.54) is 11.3 Å². The normalized spacial score (nSPS) is 9.81. The van der Waals surface area contributed by atoms with Crippen LogP contribution in [0.5, 0.6) is 5.75 Å². The predicted octanol–water partition coefficient (Wildman–Crippen LogP) is 2.39. The van der Waals surface area contributed by atoms with Crippen molar-refractivity contribution in [1.82, 2.24) is 0 Å². The summed E-state index contributed by atoms with van der Waals surface area (Å²) in [6, 6.07) is 9.12. The molecule has 0 bridgehead atoms. The molecule has 1 heterocycles. The Hall–Kier alpha value is -2.29. The van der Waals surface area contributed by atoms with Gasteiger partial charge in [-0.1, -0.05) is 17.9 Å². The SMILES string of the molecule is COc1ccc(CC(=O)O)cc1-c1ccc(C#CCO)s1. The van der Waals surface area contributed by atoms with E-state index in [1.807, 2.05) is 18.2 Å². The zero-order valence-corrected chi connectivity index (χ0v) is 12.2. The quantitative estimate of drug-likeness (QED) is 0.851. The minimum Gasteiger partial charge on any atom is -0.496 e. The molecule has 2 rings (SSSR count). The van der Waals surface area contributed by atoms with Crippen molar-refractivity contribution in [3.8, 4) is 28.0 Å². The summed E-state index contributed by atoms with van der Waals surface area (Å²) in [5, 5.41) is 17.6. The highest BCUT2D eigenvalue weighted by molar-refractivity contribution is 7.16. The maximum atomic E-state index is 10.8.